The van der Waals surface area contributed by atoms with Crippen LogP contribution >= 0.6 is 0 Å². The Morgan fingerprint density at radius 2 is 1.65 bits per heavy atom. The molecule has 0 radical (unpaired) electrons. The number of aliphatic hydroxyl groups excluding tert-OH is 1. The van der Waals surface area contributed by atoms with Crippen molar-refractivity contribution >= 4 is 43.7 Å². The van der Waals surface area contributed by atoms with Crippen molar-refractivity contribution in [3.8, 4) is 5.75 Å². The van der Waals surface area contributed by atoms with Crippen molar-refractivity contribution in [2.75, 3.05) is 30.1 Å². The molecular weight excluding hydrogens is 666 g/mol. The van der Waals surface area contributed by atoms with E-state index in [1.807, 2.05) is 97.9 Å². The first-order valence-electron chi connectivity index (χ1n) is 17.2. The van der Waals surface area contributed by atoms with Crippen molar-refractivity contribution < 1.29 is 33.1 Å². The van der Waals surface area contributed by atoms with Gasteiger partial charge in [0.15, 0.2) is 5.60 Å². The maximum absolute atomic E-state index is 16.5. The smallest absolute Gasteiger partial charge is 0.264 e. The zero-order valence-corrected chi connectivity index (χ0v) is 30.4. The van der Waals surface area contributed by atoms with Gasteiger partial charge in [-0.15, -0.1) is 0 Å². The second-order valence-corrected chi connectivity index (χ2v) is 17.6. The largest absolute Gasteiger partial charge is 0.497 e. The molecule has 9 nitrogen and oxygen atoms in total. The molecule has 2 heterocycles. The molecule has 266 valence electrons. The monoisotopic (exact) mass is 709 g/mol. The van der Waals surface area contributed by atoms with Crippen LogP contribution in [0.5, 0.6) is 5.75 Å². The zero-order valence-electron chi connectivity index (χ0n) is 29.4. The van der Waals surface area contributed by atoms with E-state index in [2.05, 4.69) is 0 Å². The highest BCUT2D eigenvalue weighted by atomic mass is 28.4. The molecule has 1 saturated heterocycles. The fraction of sp³-hybridized carbons (Fsp3) is 0.325. The molecule has 0 unspecified atom stereocenters. The molecule has 51 heavy (non-hydrogen) atoms. The number of aliphatic hydroxyl groups is 1. The number of hydrogen-bond donors (Lipinski definition) is 1. The summed E-state index contributed by atoms with van der Waals surface area (Å²) in [5.41, 5.74) is 1.96. The van der Waals surface area contributed by atoms with E-state index in [1.165, 1.54) is 4.90 Å². The summed E-state index contributed by atoms with van der Waals surface area (Å²) >= 11 is 0. The standard InChI is InChI=1S/C40H44FN3O6Si/c1-28-38(51(3,4)41)36(24-37(47)42(20-21-45)25-29-12-7-5-8-13-29)50-40(28)34-23-33(49-2)18-19-35(34)43(39(40)48)26-30-14-11-17-32(22-30)44(27-46)31-15-9-6-10-16-31/h5-19,22-23,27-28,36,38,45H,20-21,24-26H2,1-4H3/t28-,36+,38-,40+/m0/s1. The molecule has 1 fully saturated rings. The topological polar surface area (TPSA) is 99.6 Å². The van der Waals surface area contributed by atoms with Gasteiger partial charge in [-0.3, -0.25) is 19.3 Å². The number of hydrogen-bond acceptors (Lipinski definition) is 6. The van der Waals surface area contributed by atoms with E-state index in [4.69, 9.17) is 9.47 Å². The quantitative estimate of drug-likeness (QED) is 0.0941. The average Bonchev–Trinajstić information content (AvgIpc) is 3.55. The van der Waals surface area contributed by atoms with Crippen LogP contribution in [0.3, 0.4) is 0 Å². The van der Waals surface area contributed by atoms with Crippen LogP contribution in [0, 0.1) is 5.92 Å². The normalized spacial score (nSPS) is 21.1. The lowest BCUT2D eigenvalue weighted by molar-refractivity contribution is -0.150. The first-order valence-corrected chi connectivity index (χ1v) is 20.2. The van der Waals surface area contributed by atoms with Crippen molar-refractivity contribution in [3.63, 3.8) is 0 Å². The molecule has 2 aliphatic rings. The summed E-state index contributed by atoms with van der Waals surface area (Å²) in [5.74, 6) is -0.710. The number of amides is 3. The Labute approximate surface area is 299 Å². The van der Waals surface area contributed by atoms with Crippen LogP contribution in [0.1, 0.15) is 30.0 Å². The number of benzene rings is 4. The molecule has 3 amide bonds. The van der Waals surface area contributed by atoms with Crippen LogP contribution < -0.4 is 14.5 Å². The Hall–Kier alpha value is -4.84. The van der Waals surface area contributed by atoms with Gasteiger partial charge in [0.05, 0.1) is 38.5 Å². The van der Waals surface area contributed by atoms with Gasteiger partial charge in [-0.05, 0) is 66.7 Å². The molecular formula is C40H44FN3O6Si. The third-order valence-corrected chi connectivity index (χ3v) is 12.6. The molecule has 11 heteroatoms. The van der Waals surface area contributed by atoms with E-state index >= 15 is 4.11 Å². The fourth-order valence-electron chi connectivity index (χ4n) is 7.87. The minimum absolute atomic E-state index is 0.111. The van der Waals surface area contributed by atoms with Gasteiger partial charge in [0.25, 0.3) is 5.91 Å². The van der Waals surface area contributed by atoms with Crippen molar-refractivity contribution in [2.24, 2.45) is 5.92 Å². The molecule has 0 bridgehead atoms. The van der Waals surface area contributed by atoms with Crippen LogP contribution in [0.2, 0.25) is 18.6 Å². The summed E-state index contributed by atoms with van der Waals surface area (Å²) in [5, 5.41) is 9.82. The molecule has 0 aliphatic carbocycles. The summed E-state index contributed by atoms with van der Waals surface area (Å²) < 4.78 is 28.9. The SMILES string of the molecule is COc1ccc2c(c1)[C@@]1(O[C@H](CC(=O)N(CCO)Cc3ccccc3)[C@@H]([Si](C)(C)F)[C@@H]1C)C(=O)N2Cc1cccc(N(C=O)c2ccccc2)c1. The van der Waals surface area contributed by atoms with Crippen LogP contribution in [-0.2, 0) is 37.8 Å². The lowest BCUT2D eigenvalue weighted by Gasteiger charge is -2.31. The van der Waals surface area contributed by atoms with Crippen molar-refractivity contribution in [3.05, 3.63) is 120 Å². The third-order valence-electron chi connectivity index (χ3n) is 10.2. The van der Waals surface area contributed by atoms with E-state index in [0.29, 0.717) is 28.4 Å². The molecule has 6 rings (SSSR count). The maximum Gasteiger partial charge on any atom is 0.264 e. The summed E-state index contributed by atoms with van der Waals surface area (Å²) in [6, 6.07) is 31.6. The lowest BCUT2D eigenvalue weighted by atomic mass is 9.82. The van der Waals surface area contributed by atoms with Crippen LogP contribution in [0.4, 0.5) is 21.2 Å². The van der Waals surface area contributed by atoms with E-state index in [0.717, 1.165) is 17.5 Å². The maximum atomic E-state index is 16.5. The van der Waals surface area contributed by atoms with Crippen molar-refractivity contribution in [2.45, 2.75) is 56.8 Å². The predicted molar refractivity (Wildman–Crippen MR) is 197 cm³/mol. The number of nitrogens with zero attached hydrogens (tertiary/aromatic N) is 3. The average molecular weight is 710 g/mol. The predicted octanol–water partition coefficient (Wildman–Crippen LogP) is 6.72. The van der Waals surface area contributed by atoms with E-state index in [-0.39, 0.29) is 44.5 Å². The number of fused-ring (bicyclic) bond motifs is 2. The van der Waals surface area contributed by atoms with Crippen LogP contribution in [-0.4, -0.2) is 63.0 Å². The van der Waals surface area contributed by atoms with Crippen molar-refractivity contribution in [1.29, 1.82) is 0 Å². The van der Waals surface area contributed by atoms with E-state index in [9.17, 15) is 19.5 Å². The number of carbonyl (C=O) groups is 3. The molecule has 4 aromatic carbocycles. The minimum Gasteiger partial charge on any atom is -0.497 e. The van der Waals surface area contributed by atoms with Gasteiger partial charge in [-0.2, -0.15) is 0 Å². The second kappa shape index (κ2) is 14.8. The minimum atomic E-state index is -3.55. The van der Waals surface area contributed by atoms with E-state index < -0.39 is 31.6 Å². The van der Waals surface area contributed by atoms with Gasteiger partial charge in [-0.1, -0.05) is 67.6 Å². The fourth-order valence-corrected chi connectivity index (χ4v) is 10.4. The summed E-state index contributed by atoms with van der Waals surface area (Å²) in [7, 11) is -2.00. The number of methoxy groups -OCH3 is 1. The van der Waals surface area contributed by atoms with Gasteiger partial charge < -0.3 is 28.5 Å². The summed E-state index contributed by atoms with van der Waals surface area (Å²) in [6.45, 7) is 5.39. The number of ether oxygens (including phenoxy) is 2. The lowest BCUT2D eigenvalue weighted by Crippen LogP contribution is -2.45. The molecule has 4 aromatic rings. The summed E-state index contributed by atoms with van der Waals surface area (Å²) in [6.07, 6.45) is -0.264. The number of rotatable bonds is 13. The van der Waals surface area contributed by atoms with Crippen LogP contribution in [0.25, 0.3) is 0 Å². The van der Waals surface area contributed by atoms with Gasteiger partial charge in [0, 0.05) is 41.5 Å². The highest BCUT2D eigenvalue weighted by Crippen LogP contribution is 2.60. The number of carbonyl (C=O) groups excluding carboxylic acids is 3. The third kappa shape index (κ3) is 6.93. The Balaban J connectivity index is 1.35. The van der Waals surface area contributed by atoms with Gasteiger partial charge in [-0.25, -0.2) is 0 Å². The Bertz CT molecular complexity index is 1870. The molecule has 0 aromatic heterocycles. The number of anilines is 3. The Morgan fingerprint density at radius 1 is 0.980 bits per heavy atom. The Morgan fingerprint density at radius 3 is 2.29 bits per heavy atom. The Kier molecular flexibility index (Phi) is 10.4. The molecule has 1 spiro atoms. The van der Waals surface area contributed by atoms with Crippen LogP contribution in [0.15, 0.2) is 103 Å². The van der Waals surface area contributed by atoms with Crippen molar-refractivity contribution in [1.82, 2.24) is 4.90 Å². The number of para-hydroxylation sites is 1. The molecule has 1 N–H and O–H groups in total. The van der Waals surface area contributed by atoms with E-state index in [1.54, 1.807) is 42.1 Å². The first-order chi connectivity index (χ1) is 24.5. The highest BCUT2D eigenvalue weighted by Gasteiger charge is 2.67. The summed E-state index contributed by atoms with van der Waals surface area (Å²) in [4.78, 5) is 45.8. The highest BCUT2D eigenvalue weighted by molar-refractivity contribution is 6.72. The molecule has 0 saturated carbocycles. The molecule has 2 aliphatic heterocycles. The number of halogens is 1. The van der Waals surface area contributed by atoms with Gasteiger partial charge in [0.2, 0.25) is 20.7 Å². The molecule has 4 atom stereocenters. The van der Waals surface area contributed by atoms with Gasteiger partial charge >= 0.3 is 0 Å². The first kappa shape index (κ1) is 36.0. The second-order valence-electron chi connectivity index (χ2n) is 13.8. The van der Waals surface area contributed by atoms with Gasteiger partial charge in [0.1, 0.15) is 5.75 Å². The zero-order chi connectivity index (χ0) is 36.3.